The standard InChI is InChI=1S/C16H31N3O3/c1-5-21-15(20)14-7-10-19(11-8-14)16(17-4)18-9-6-12-22-13(2)3/h13-14H,5-12H2,1-4H3,(H,17,18). The van der Waals surface area contributed by atoms with Crippen LogP contribution in [0.15, 0.2) is 4.99 Å². The van der Waals surface area contributed by atoms with Crippen LogP contribution in [0.4, 0.5) is 0 Å². The number of likely N-dealkylation sites (tertiary alicyclic amines) is 1. The van der Waals surface area contributed by atoms with E-state index >= 15 is 0 Å². The van der Waals surface area contributed by atoms with Crippen molar-refractivity contribution in [3.05, 3.63) is 0 Å². The Morgan fingerprint density at radius 1 is 1.36 bits per heavy atom. The topological polar surface area (TPSA) is 63.2 Å². The van der Waals surface area contributed by atoms with Crippen molar-refractivity contribution in [1.82, 2.24) is 10.2 Å². The third-order valence-corrected chi connectivity index (χ3v) is 3.68. The molecule has 1 fully saturated rings. The fourth-order valence-electron chi connectivity index (χ4n) is 2.51. The van der Waals surface area contributed by atoms with Crippen molar-refractivity contribution in [2.75, 3.05) is 39.9 Å². The van der Waals surface area contributed by atoms with Gasteiger partial charge in [-0.25, -0.2) is 0 Å². The first-order valence-electron chi connectivity index (χ1n) is 8.32. The smallest absolute Gasteiger partial charge is 0.309 e. The number of carbonyl (C=O) groups excluding carboxylic acids is 1. The Balaban J connectivity index is 2.27. The average Bonchev–Trinajstić information content (AvgIpc) is 2.51. The maximum Gasteiger partial charge on any atom is 0.309 e. The number of esters is 1. The summed E-state index contributed by atoms with van der Waals surface area (Å²) in [6, 6.07) is 0. The summed E-state index contributed by atoms with van der Waals surface area (Å²) in [6.07, 6.45) is 2.89. The number of rotatable bonds is 7. The molecule has 0 aromatic heterocycles. The van der Waals surface area contributed by atoms with Gasteiger partial charge in [-0.1, -0.05) is 0 Å². The first-order valence-corrected chi connectivity index (χ1v) is 8.32. The molecule has 0 radical (unpaired) electrons. The lowest BCUT2D eigenvalue weighted by Crippen LogP contribution is -2.47. The minimum Gasteiger partial charge on any atom is -0.466 e. The Hall–Kier alpha value is -1.30. The molecule has 0 amide bonds. The van der Waals surface area contributed by atoms with Gasteiger partial charge in [-0.2, -0.15) is 0 Å². The molecule has 0 aromatic carbocycles. The largest absolute Gasteiger partial charge is 0.466 e. The molecule has 0 aromatic rings. The van der Waals surface area contributed by atoms with E-state index in [4.69, 9.17) is 9.47 Å². The summed E-state index contributed by atoms with van der Waals surface area (Å²) in [5, 5.41) is 3.36. The van der Waals surface area contributed by atoms with E-state index in [9.17, 15) is 4.79 Å². The van der Waals surface area contributed by atoms with Gasteiger partial charge >= 0.3 is 5.97 Å². The Labute approximate surface area is 134 Å². The number of piperidine rings is 1. The molecule has 0 saturated carbocycles. The van der Waals surface area contributed by atoms with E-state index in [1.807, 2.05) is 20.8 Å². The molecule has 0 aliphatic carbocycles. The molecular formula is C16H31N3O3. The van der Waals surface area contributed by atoms with Crippen LogP contribution in [0.1, 0.15) is 40.0 Å². The van der Waals surface area contributed by atoms with Gasteiger partial charge in [-0.15, -0.1) is 0 Å². The molecule has 0 bridgehead atoms. The number of carbonyl (C=O) groups is 1. The summed E-state index contributed by atoms with van der Waals surface area (Å²) in [4.78, 5) is 18.3. The number of guanidine groups is 1. The highest BCUT2D eigenvalue weighted by atomic mass is 16.5. The second-order valence-corrected chi connectivity index (χ2v) is 5.76. The van der Waals surface area contributed by atoms with Gasteiger partial charge in [-0.05, 0) is 40.0 Å². The highest BCUT2D eigenvalue weighted by molar-refractivity contribution is 5.80. The number of aliphatic imine (C=N–C) groups is 1. The van der Waals surface area contributed by atoms with Gasteiger partial charge in [0, 0.05) is 33.3 Å². The fourth-order valence-corrected chi connectivity index (χ4v) is 2.51. The zero-order chi connectivity index (χ0) is 16.4. The molecule has 1 saturated heterocycles. The van der Waals surface area contributed by atoms with E-state index < -0.39 is 0 Å². The lowest BCUT2D eigenvalue weighted by Gasteiger charge is -2.33. The average molecular weight is 313 g/mol. The van der Waals surface area contributed by atoms with E-state index in [2.05, 4.69) is 15.2 Å². The minimum atomic E-state index is -0.0593. The molecule has 6 nitrogen and oxygen atoms in total. The molecule has 1 rings (SSSR count). The van der Waals surface area contributed by atoms with E-state index in [1.165, 1.54) is 0 Å². The van der Waals surface area contributed by atoms with Gasteiger partial charge in [0.1, 0.15) is 0 Å². The maximum atomic E-state index is 11.7. The number of hydrogen-bond acceptors (Lipinski definition) is 4. The molecule has 0 atom stereocenters. The van der Waals surface area contributed by atoms with Gasteiger partial charge in [0.05, 0.1) is 18.6 Å². The normalized spacial score (nSPS) is 17.0. The molecule has 0 unspecified atom stereocenters. The monoisotopic (exact) mass is 313 g/mol. The number of nitrogens with one attached hydrogen (secondary N) is 1. The van der Waals surface area contributed by atoms with E-state index in [0.717, 1.165) is 51.5 Å². The van der Waals surface area contributed by atoms with Gasteiger partial charge in [0.2, 0.25) is 0 Å². The van der Waals surface area contributed by atoms with Crippen molar-refractivity contribution in [2.45, 2.75) is 46.1 Å². The molecule has 6 heteroatoms. The molecule has 0 spiro atoms. The van der Waals surface area contributed by atoms with Crippen LogP contribution >= 0.6 is 0 Å². The fraction of sp³-hybridized carbons (Fsp3) is 0.875. The van der Waals surface area contributed by atoms with Crippen molar-refractivity contribution in [2.24, 2.45) is 10.9 Å². The highest BCUT2D eigenvalue weighted by Crippen LogP contribution is 2.18. The Morgan fingerprint density at radius 2 is 2.05 bits per heavy atom. The van der Waals surface area contributed by atoms with Crippen LogP contribution in [0.3, 0.4) is 0 Å². The lowest BCUT2D eigenvalue weighted by molar-refractivity contribution is -0.149. The third-order valence-electron chi connectivity index (χ3n) is 3.68. The first-order chi connectivity index (χ1) is 10.6. The molecule has 1 aliphatic heterocycles. The summed E-state index contributed by atoms with van der Waals surface area (Å²) in [5.41, 5.74) is 0. The quantitative estimate of drug-likeness (QED) is 0.335. The van der Waals surface area contributed by atoms with Crippen molar-refractivity contribution < 1.29 is 14.3 Å². The van der Waals surface area contributed by atoms with Crippen LogP contribution in [-0.2, 0) is 14.3 Å². The highest BCUT2D eigenvalue weighted by Gasteiger charge is 2.27. The second kappa shape index (κ2) is 10.4. The summed E-state index contributed by atoms with van der Waals surface area (Å²) >= 11 is 0. The second-order valence-electron chi connectivity index (χ2n) is 5.76. The lowest BCUT2D eigenvalue weighted by atomic mass is 9.97. The SMILES string of the molecule is CCOC(=O)C1CCN(C(=NC)NCCCOC(C)C)CC1. The summed E-state index contributed by atoms with van der Waals surface area (Å²) in [7, 11) is 1.80. The molecular weight excluding hydrogens is 282 g/mol. The predicted molar refractivity (Wildman–Crippen MR) is 88.0 cm³/mol. The van der Waals surface area contributed by atoms with E-state index in [1.54, 1.807) is 7.05 Å². The van der Waals surface area contributed by atoms with E-state index in [0.29, 0.717) is 6.61 Å². The predicted octanol–water partition coefficient (Wildman–Crippen LogP) is 1.65. The van der Waals surface area contributed by atoms with Crippen LogP contribution in [0, 0.1) is 5.92 Å². The first kappa shape index (κ1) is 18.7. The summed E-state index contributed by atoms with van der Waals surface area (Å²) < 4.78 is 10.6. The maximum absolute atomic E-state index is 11.7. The number of ether oxygens (including phenoxy) is 2. The Morgan fingerprint density at radius 3 is 2.59 bits per heavy atom. The molecule has 22 heavy (non-hydrogen) atoms. The Kier molecular flexibility index (Phi) is 8.89. The van der Waals surface area contributed by atoms with Crippen LogP contribution in [0.2, 0.25) is 0 Å². The zero-order valence-electron chi connectivity index (χ0n) is 14.4. The summed E-state index contributed by atoms with van der Waals surface area (Å²) in [5.74, 6) is 0.886. The van der Waals surface area contributed by atoms with Crippen molar-refractivity contribution in [3.63, 3.8) is 0 Å². The van der Waals surface area contributed by atoms with E-state index in [-0.39, 0.29) is 18.0 Å². The van der Waals surface area contributed by atoms with Gasteiger partial charge in [0.25, 0.3) is 0 Å². The Bertz CT molecular complexity index is 351. The van der Waals surface area contributed by atoms with Gasteiger partial charge in [0.15, 0.2) is 5.96 Å². The van der Waals surface area contributed by atoms with Crippen molar-refractivity contribution >= 4 is 11.9 Å². The molecule has 1 aliphatic rings. The summed E-state index contributed by atoms with van der Waals surface area (Å²) in [6.45, 7) is 9.67. The van der Waals surface area contributed by atoms with Crippen LogP contribution in [-0.4, -0.2) is 62.8 Å². The zero-order valence-corrected chi connectivity index (χ0v) is 14.4. The third kappa shape index (κ3) is 6.64. The van der Waals surface area contributed by atoms with Crippen LogP contribution < -0.4 is 5.32 Å². The van der Waals surface area contributed by atoms with Crippen LogP contribution in [0.25, 0.3) is 0 Å². The molecule has 1 N–H and O–H groups in total. The number of hydrogen-bond donors (Lipinski definition) is 1. The minimum absolute atomic E-state index is 0.0359. The molecule has 128 valence electrons. The molecule has 1 heterocycles. The van der Waals surface area contributed by atoms with Gasteiger partial charge < -0.3 is 19.7 Å². The van der Waals surface area contributed by atoms with Crippen molar-refractivity contribution in [3.8, 4) is 0 Å². The van der Waals surface area contributed by atoms with Crippen molar-refractivity contribution in [1.29, 1.82) is 0 Å². The number of nitrogens with zero attached hydrogens (tertiary/aromatic N) is 2. The van der Waals surface area contributed by atoms with Crippen LogP contribution in [0.5, 0.6) is 0 Å². The van der Waals surface area contributed by atoms with Gasteiger partial charge in [-0.3, -0.25) is 9.79 Å².